The molecule has 0 heterocycles. The van der Waals surface area contributed by atoms with Crippen LogP contribution in [0, 0.1) is 11.6 Å². The molecule has 1 rings (SSSR count). The zero-order chi connectivity index (χ0) is 17.3. The van der Waals surface area contributed by atoms with Crippen LogP contribution in [0.3, 0.4) is 0 Å². The molecule has 0 fully saturated rings. The van der Waals surface area contributed by atoms with Crippen molar-refractivity contribution in [3.05, 3.63) is 29.3 Å². The van der Waals surface area contributed by atoms with Crippen molar-refractivity contribution in [3.8, 4) is 0 Å². The van der Waals surface area contributed by atoms with Crippen LogP contribution in [-0.4, -0.2) is 41.5 Å². The summed E-state index contributed by atoms with van der Waals surface area (Å²) in [5, 5.41) is 19.9. The smallest absolute Gasteiger partial charge is 0.465 e. The highest BCUT2D eigenvalue weighted by Gasteiger charge is 2.41. The van der Waals surface area contributed by atoms with E-state index in [0.717, 1.165) is 19.2 Å². The van der Waals surface area contributed by atoms with E-state index in [9.17, 15) is 23.7 Å². The standard InChI is InChI=1S/C14H19BF2O5/c1-13(2,19)14(3,4)22-15(20)11-9(16)6-8(7-10(11)17)12(18)21-5/h6-7,19-20H,1-5H3. The summed E-state index contributed by atoms with van der Waals surface area (Å²) in [6.07, 6.45) is 0. The molecule has 5 nitrogen and oxygen atoms in total. The van der Waals surface area contributed by atoms with Gasteiger partial charge in [-0.1, -0.05) is 0 Å². The van der Waals surface area contributed by atoms with Crippen molar-refractivity contribution >= 4 is 18.6 Å². The molecule has 8 heteroatoms. The Bertz CT molecular complexity index is 546. The Labute approximate surface area is 128 Å². The van der Waals surface area contributed by atoms with Gasteiger partial charge in [0, 0.05) is 0 Å². The van der Waals surface area contributed by atoms with Gasteiger partial charge < -0.3 is 19.5 Å². The van der Waals surface area contributed by atoms with Gasteiger partial charge in [0.2, 0.25) is 0 Å². The highest BCUT2D eigenvalue weighted by Crippen LogP contribution is 2.25. The van der Waals surface area contributed by atoms with E-state index in [1.54, 1.807) is 0 Å². The third-order valence-electron chi connectivity index (χ3n) is 3.63. The van der Waals surface area contributed by atoms with Gasteiger partial charge in [0.05, 0.1) is 29.3 Å². The van der Waals surface area contributed by atoms with Crippen LogP contribution >= 0.6 is 0 Å². The van der Waals surface area contributed by atoms with Gasteiger partial charge in [-0.2, -0.15) is 0 Å². The lowest BCUT2D eigenvalue weighted by Gasteiger charge is -2.38. The van der Waals surface area contributed by atoms with Crippen LogP contribution in [0.4, 0.5) is 8.78 Å². The van der Waals surface area contributed by atoms with Crippen LogP contribution in [-0.2, 0) is 9.39 Å². The number of carbonyl (C=O) groups excluding carboxylic acids is 1. The monoisotopic (exact) mass is 316 g/mol. The number of ether oxygens (including phenoxy) is 1. The molecule has 122 valence electrons. The van der Waals surface area contributed by atoms with Gasteiger partial charge in [-0.25, -0.2) is 13.6 Å². The lowest BCUT2D eigenvalue weighted by Crippen LogP contribution is -2.54. The Hall–Kier alpha value is -1.51. The molecule has 1 aromatic carbocycles. The molecule has 0 aliphatic carbocycles. The van der Waals surface area contributed by atoms with E-state index >= 15 is 0 Å². The zero-order valence-corrected chi connectivity index (χ0v) is 13.1. The summed E-state index contributed by atoms with van der Waals surface area (Å²) in [5.74, 6) is -3.21. The maximum atomic E-state index is 14.0. The normalized spacial score (nSPS) is 12.2. The molecule has 0 radical (unpaired) electrons. The number of methoxy groups -OCH3 is 1. The number of aliphatic hydroxyl groups is 1. The third kappa shape index (κ3) is 3.82. The minimum absolute atomic E-state index is 0.324. The summed E-state index contributed by atoms with van der Waals surface area (Å²) in [6, 6.07) is 1.49. The van der Waals surface area contributed by atoms with E-state index in [0.29, 0.717) is 0 Å². The van der Waals surface area contributed by atoms with E-state index in [-0.39, 0.29) is 5.56 Å². The summed E-state index contributed by atoms with van der Waals surface area (Å²) >= 11 is 0. The van der Waals surface area contributed by atoms with Crippen LogP contribution in [0.1, 0.15) is 38.1 Å². The number of esters is 1. The molecule has 0 atom stereocenters. The topological polar surface area (TPSA) is 76.0 Å². The molecule has 22 heavy (non-hydrogen) atoms. The zero-order valence-electron chi connectivity index (χ0n) is 13.1. The summed E-state index contributed by atoms with van der Waals surface area (Å²) in [5.41, 5.74) is -3.72. The van der Waals surface area contributed by atoms with Gasteiger partial charge in [0.25, 0.3) is 0 Å². The fourth-order valence-corrected chi connectivity index (χ4v) is 1.54. The Morgan fingerprint density at radius 2 is 1.64 bits per heavy atom. The number of halogens is 2. The van der Waals surface area contributed by atoms with Crippen LogP contribution in [0.25, 0.3) is 0 Å². The van der Waals surface area contributed by atoms with Gasteiger partial charge >= 0.3 is 13.1 Å². The van der Waals surface area contributed by atoms with Gasteiger partial charge in [-0.3, -0.25) is 0 Å². The van der Waals surface area contributed by atoms with Crippen molar-refractivity contribution in [2.75, 3.05) is 7.11 Å². The Balaban J connectivity index is 3.15. The third-order valence-corrected chi connectivity index (χ3v) is 3.63. The minimum atomic E-state index is -1.95. The van der Waals surface area contributed by atoms with Crippen molar-refractivity contribution in [2.45, 2.75) is 38.9 Å². The summed E-state index contributed by atoms with van der Waals surface area (Å²) in [7, 11) is -0.872. The number of carbonyl (C=O) groups is 1. The van der Waals surface area contributed by atoms with Crippen molar-refractivity contribution in [1.29, 1.82) is 0 Å². The molecule has 0 aliphatic heterocycles. The minimum Gasteiger partial charge on any atom is -0.465 e. The van der Waals surface area contributed by atoms with Crippen LogP contribution in [0.5, 0.6) is 0 Å². The lowest BCUT2D eigenvalue weighted by atomic mass is 9.75. The van der Waals surface area contributed by atoms with Crippen LogP contribution < -0.4 is 5.46 Å². The number of rotatable bonds is 5. The second-order valence-corrected chi connectivity index (χ2v) is 5.88. The second kappa shape index (κ2) is 6.32. The van der Waals surface area contributed by atoms with Crippen LogP contribution in [0.2, 0.25) is 0 Å². The first-order valence-corrected chi connectivity index (χ1v) is 6.56. The van der Waals surface area contributed by atoms with E-state index in [4.69, 9.17) is 4.65 Å². The molecule has 0 aromatic heterocycles. The summed E-state index contributed by atoms with van der Waals surface area (Å²) in [6.45, 7) is 5.81. The number of hydrogen-bond donors (Lipinski definition) is 2. The predicted octanol–water partition coefficient (Wildman–Crippen LogP) is 1.00. The highest BCUT2D eigenvalue weighted by molar-refractivity contribution is 6.60. The van der Waals surface area contributed by atoms with Crippen molar-refractivity contribution in [1.82, 2.24) is 0 Å². The molecule has 0 amide bonds. The van der Waals surface area contributed by atoms with E-state index in [2.05, 4.69) is 4.74 Å². The molecule has 2 N–H and O–H groups in total. The van der Waals surface area contributed by atoms with E-state index < -0.39 is 41.4 Å². The maximum absolute atomic E-state index is 14.0. The quantitative estimate of drug-likeness (QED) is 0.626. The highest BCUT2D eigenvalue weighted by atomic mass is 19.1. The Kier molecular flexibility index (Phi) is 5.32. The van der Waals surface area contributed by atoms with Crippen molar-refractivity contribution in [2.24, 2.45) is 0 Å². The summed E-state index contributed by atoms with van der Waals surface area (Å²) < 4.78 is 37.5. The number of benzene rings is 1. The summed E-state index contributed by atoms with van der Waals surface area (Å²) in [4.78, 5) is 11.3. The fourth-order valence-electron chi connectivity index (χ4n) is 1.54. The number of hydrogen-bond acceptors (Lipinski definition) is 5. The first-order valence-electron chi connectivity index (χ1n) is 6.56. The molecular formula is C14H19BF2O5. The predicted molar refractivity (Wildman–Crippen MR) is 76.8 cm³/mol. The SMILES string of the molecule is COC(=O)c1cc(F)c(B(O)OC(C)(C)C(C)(C)O)c(F)c1. The molecule has 1 aromatic rings. The first kappa shape index (κ1) is 18.5. The Morgan fingerprint density at radius 1 is 1.18 bits per heavy atom. The molecule has 0 spiro atoms. The van der Waals surface area contributed by atoms with Crippen molar-refractivity contribution < 1.29 is 33.1 Å². The van der Waals surface area contributed by atoms with Gasteiger partial charge in [-0.05, 0) is 39.8 Å². The first-order chi connectivity index (χ1) is 9.90. The molecule has 0 saturated heterocycles. The van der Waals surface area contributed by atoms with Gasteiger partial charge in [-0.15, -0.1) is 0 Å². The Morgan fingerprint density at radius 3 is 2.00 bits per heavy atom. The molecule has 0 bridgehead atoms. The van der Waals surface area contributed by atoms with Gasteiger partial charge in [0.1, 0.15) is 11.6 Å². The maximum Gasteiger partial charge on any atom is 0.497 e. The molecule has 0 aliphatic rings. The molecule has 0 unspecified atom stereocenters. The lowest BCUT2D eigenvalue weighted by molar-refractivity contribution is -0.0984. The van der Waals surface area contributed by atoms with Crippen LogP contribution in [0.15, 0.2) is 12.1 Å². The average Bonchev–Trinajstić information content (AvgIpc) is 2.34. The second-order valence-electron chi connectivity index (χ2n) is 5.88. The molecule has 0 saturated carbocycles. The van der Waals surface area contributed by atoms with E-state index in [1.165, 1.54) is 27.7 Å². The average molecular weight is 316 g/mol. The van der Waals surface area contributed by atoms with E-state index in [1.807, 2.05) is 0 Å². The van der Waals surface area contributed by atoms with Gasteiger partial charge in [0.15, 0.2) is 0 Å². The molecular weight excluding hydrogens is 297 g/mol. The fraction of sp³-hybridized carbons (Fsp3) is 0.500. The van der Waals surface area contributed by atoms with Crippen molar-refractivity contribution in [3.63, 3.8) is 0 Å². The largest absolute Gasteiger partial charge is 0.497 e.